The number of β-amino-alcohol motifs (C(OH)–C–C–N with tert-alkyl or cyclic N) is 1. The minimum absolute atomic E-state index is 0.0690. The van der Waals surface area contributed by atoms with E-state index in [1.165, 1.54) is 36.4 Å². The number of Topliss-reactive ketones (excluding diaryl/α,β-unsaturated/α-hetero) is 1. The van der Waals surface area contributed by atoms with Gasteiger partial charge >= 0.3 is 0 Å². The van der Waals surface area contributed by atoms with Crippen LogP contribution in [0.15, 0.2) is 42.5 Å². The molecule has 2 aromatic carbocycles. The van der Waals surface area contributed by atoms with Gasteiger partial charge in [-0.3, -0.25) is 19.7 Å². The molecule has 1 heterocycles. The first-order valence-electron chi connectivity index (χ1n) is 6.96. The fraction of sp³-hybridized carbons (Fsp3) is 0.125. The average Bonchev–Trinajstić information content (AvgIpc) is 2.80. The number of carbonyl (C=O) groups is 2. The predicted octanol–water partition coefficient (Wildman–Crippen LogP) is 2.00. The molecule has 1 aliphatic heterocycles. The summed E-state index contributed by atoms with van der Waals surface area (Å²) >= 11 is 0. The van der Waals surface area contributed by atoms with Gasteiger partial charge in [-0.2, -0.15) is 0 Å². The van der Waals surface area contributed by atoms with Gasteiger partial charge in [-0.1, -0.05) is 12.1 Å². The molecule has 0 aromatic heterocycles. The van der Waals surface area contributed by atoms with Gasteiger partial charge < -0.3 is 10.0 Å². The van der Waals surface area contributed by atoms with Crippen LogP contribution in [0.1, 0.15) is 22.0 Å². The Morgan fingerprint density at radius 2 is 1.83 bits per heavy atom. The summed E-state index contributed by atoms with van der Waals surface area (Å²) in [5, 5.41) is 21.0. The van der Waals surface area contributed by atoms with E-state index in [9.17, 15) is 29.2 Å². The quantitative estimate of drug-likeness (QED) is 0.525. The number of fused-ring (bicyclic) bond motifs is 1. The van der Waals surface area contributed by atoms with E-state index in [1.54, 1.807) is 0 Å². The molecule has 1 N–H and O–H groups in total. The molecule has 1 amide bonds. The molecule has 7 nitrogen and oxygen atoms in total. The lowest BCUT2D eigenvalue weighted by atomic mass is 10.1. The minimum atomic E-state index is -1.14. The maximum Gasteiger partial charge on any atom is 0.299 e. The molecule has 1 aliphatic rings. The molecule has 8 heteroatoms. The summed E-state index contributed by atoms with van der Waals surface area (Å²) in [7, 11) is 0. The molecule has 0 bridgehead atoms. The van der Waals surface area contributed by atoms with Crippen LogP contribution in [0.3, 0.4) is 0 Å². The molecule has 0 fully saturated rings. The second-order valence-corrected chi connectivity index (χ2v) is 5.27. The Kier molecular flexibility index (Phi) is 3.82. The van der Waals surface area contributed by atoms with Crippen LogP contribution in [0.25, 0.3) is 0 Å². The number of nitro benzene ring substituents is 1. The maximum absolute atomic E-state index is 12.9. The fourth-order valence-electron chi connectivity index (χ4n) is 2.55. The molecule has 0 spiro atoms. The average molecular weight is 330 g/mol. The van der Waals surface area contributed by atoms with Gasteiger partial charge in [-0.05, 0) is 23.8 Å². The lowest BCUT2D eigenvalue weighted by Crippen LogP contribution is -2.33. The molecule has 0 unspecified atom stereocenters. The molecular weight excluding hydrogens is 319 g/mol. The molecular formula is C16H11FN2O5. The lowest BCUT2D eigenvalue weighted by molar-refractivity contribution is -0.384. The molecule has 1 atom stereocenters. The van der Waals surface area contributed by atoms with Gasteiger partial charge in [0.15, 0.2) is 0 Å². The summed E-state index contributed by atoms with van der Waals surface area (Å²) in [6, 6.07) is 8.62. The first-order chi connectivity index (χ1) is 11.4. The molecule has 122 valence electrons. The third kappa shape index (κ3) is 2.63. The van der Waals surface area contributed by atoms with E-state index >= 15 is 0 Å². The zero-order valence-corrected chi connectivity index (χ0v) is 12.2. The summed E-state index contributed by atoms with van der Waals surface area (Å²) in [5.74, 6) is -2.19. The molecule has 0 saturated heterocycles. The summed E-state index contributed by atoms with van der Waals surface area (Å²) < 4.78 is 12.9. The normalized spacial score (nSPS) is 14.7. The van der Waals surface area contributed by atoms with E-state index in [4.69, 9.17) is 0 Å². The van der Waals surface area contributed by atoms with Crippen LogP contribution < -0.4 is 4.90 Å². The highest BCUT2D eigenvalue weighted by molar-refractivity contribution is 6.52. The number of carbonyl (C=O) groups excluding carboxylic acids is 2. The topological polar surface area (TPSA) is 101 Å². The van der Waals surface area contributed by atoms with Crippen LogP contribution in [0.4, 0.5) is 15.8 Å². The lowest BCUT2D eigenvalue weighted by Gasteiger charge is -2.20. The monoisotopic (exact) mass is 330 g/mol. The standard InChI is InChI=1S/C16H11FN2O5/c17-10-3-1-9(2-4-10)14(20)8-18-13-6-5-11(19(23)24)7-12(13)15(21)16(18)22/h1-7,14,20H,8H2/t14-/m1/s1. The van der Waals surface area contributed by atoms with Gasteiger partial charge in [-0.15, -0.1) is 0 Å². The maximum atomic E-state index is 12.9. The highest BCUT2D eigenvalue weighted by Crippen LogP contribution is 2.33. The van der Waals surface area contributed by atoms with Crippen molar-refractivity contribution in [1.29, 1.82) is 0 Å². The van der Waals surface area contributed by atoms with Gasteiger partial charge in [0.2, 0.25) is 0 Å². The van der Waals surface area contributed by atoms with Crippen LogP contribution in [0, 0.1) is 15.9 Å². The number of aliphatic hydroxyl groups excluding tert-OH is 1. The summed E-state index contributed by atoms with van der Waals surface area (Å²) in [5.41, 5.74) is 0.222. The number of rotatable bonds is 4. The molecule has 3 rings (SSSR count). The number of nitro groups is 1. The van der Waals surface area contributed by atoms with Gasteiger partial charge in [0.05, 0.1) is 28.8 Å². The molecule has 0 radical (unpaired) electrons. The van der Waals surface area contributed by atoms with Crippen LogP contribution >= 0.6 is 0 Å². The first-order valence-corrected chi connectivity index (χ1v) is 6.96. The largest absolute Gasteiger partial charge is 0.387 e. The van der Waals surface area contributed by atoms with Crippen molar-refractivity contribution in [2.45, 2.75) is 6.10 Å². The zero-order chi connectivity index (χ0) is 17.4. The Morgan fingerprint density at radius 1 is 1.17 bits per heavy atom. The number of non-ortho nitro benzene ring substituents is 1. The SMILES string of the molecule is O=C1C(=O)N(C[C@@H](O)c2ccc(F)cc2)c2ccc([N+](=O)[O-])cc21. The number of halogens is 1. The van der Waals surface area contributed by atoms with Crippen molar-refractivity contribution in [3.05, 3.63) is 69.5 Å². The Hall–Kier alpha value is -3.13. The third-order valence-corrected chi connectivity index (χ3v) is 3.78. The highest BCUT2D eigenvalue weighted by atomic mass is 19.1. The molecule has 24 heavy (non-hydrogen) atoms. The van der Waals surface area contributed by atoms with Crippen molar-refractivity contribution in [3.8, 4) is 0 Å². The molecule has 0 aliphatic carbocycles. The number of hydrogen-bond donors (Lipinski definition) is 1. The fourth-order valence-corrected chi connectivity index (χ4v) is 2.55. The van der Waals surface area contributed by atoms with E-state index in [2.05, 4.69) is 0 Å². The van der Waals surface area contributed by atoms with Crippen LogP contribution in [-0.4, -0.2) is 28.3 Å². The van der Waals surface area contributed by atoms with E-state index in [0.717, 1.165) is 11.0 Å². The second kappa shape index (κ2) is 5.82. The van der Waals surface area contributed by atoms with E-state index in [-0.39, 0.29) is 23.5 Å². The number of aliphatic hydroxyl groups is 1. The van der Waals surface area contributed by atoms with Crippen molar-refractivity contribution in [3.63, 3.8) is 0 Å². The number of nitrogens with zero attached hydrogens (tertiary/aromatic N) is 2. The van der Waals surface area contributed by atoms with Crippen molar-refractivity contribution in [2.75, 3.05) is 11.4 Å². The Balaban J connectivity index is 1.90. The van der Waals surface area contributed by atoms with Crippen LogP contribution in [0.5, 0.6) is 0 Å². The predicted molar refractivity (Wildman–Crippen MR) is 81.1 cm³/mol. The van der Waals surface area contributed by atoms with Crippen LogP contribution in [0.2, 0.25) is 0 Å². The number of benzene rings is 2. The van der Waals surface area contributed by atoms with Gasteiger partial charge in [0.25, 0.3) is 17.4 Å². The Bertz CT molecular complexity index is 850. The Morgan fingerprint density at radius 3 is 2.46 bits per heavy atom. The Labute approximate surface area is 135 Å². The van der Waals surface area contributed by atoms with Crippen molar-refractivity contribution in [2.24, 2.45) is 0 Å². The van der Waals surface area contributed by atoms with Gasteiger partial charge in [0, 0.05) is 12.1 Å². The first kappa shape index (κ1) is 15.8. The van der Waals surface area contributed by atoms with Crippen molar-refractivity contribution >= 4 is 23.1 Å². The van der Waals surface area contributed by atoms with E-state index < -0.39 is 28.5 Å². The van der Waals surface area contributed by atoms with Gasteiger partial charge in [0.1, 0.15) is 5.82 Å². The molecule has 2 aromatic rings. The van der Waals surface area contributed by atoms with Crippen molar-refractivity contribution < 1.29 is 24.0 Å². The van der Waals surface area contributed by atoms with Crippen LogP contribution in [-0.2, 0) is 4.79 Å². The summed E-state index contributed by atoms with van der Waals surface area (Å²) in [6.45, 7) is -0.221. The van der Waals surface area contributed by atoms with Gasteiger partial charge in [-0.25, -0.2) is 4.39 Å². The van der Waals surface area contributed by atoms with Crippen molar-refractivity contribution in [1.82, 2.24) is 0 Å². The second-order valence-electron chi connectivity index (χ2n) is 5.27. The molecule has 0 saturated carbocycles. The summed E-state index contributed by atoms with van der Waals surface area (Å²) in [6.07, 6.45) is -1.14. The van der Waals surface area contributed by atoms with E-state index in [0.29, 0.717) is 5.56 Å². The highest BCUT2D eigenvalue weighted by Gasteiger charge is 2.38. The number of amides is 1. The summed E-state index contributed by atoms with van der Waals surface area (Å²) in [4.78, 5) is 35.3. The number of anilines is 1. The van der Waals surface area contributed by atoms with E-state index in [1.807, 2.05) is 0 Å². The smallest absolute Gasteiger partial charge is 0.299 e. The number of ketones is 1. The number of hydrogen-bond acceptors (Lipinski definition) is 5. The zero-order valence-electron chi connectivity index (χ0n) is 12.2. The minimum Gasteiger partial charge on any atom is -0.387 e. The third-order valence-electron chi connectivity index (χ3n) is 3.78.